The van der Waals surface area contributed by atoms with Gasteiger partial charge in [0.15, 0.2) is 0 Å². The van der Waals surface area contributed by atoms with Crippen LogP contribution in [-0.4, -0.2) is 47.5 Å². The van der Waals surface area contributed by atoms with Gasteiger partial charge in [-0.2, -0.15) is 0 Å². The van der Waals surface area contributed by atoms with Crippen LogP contribution in [0.1, 0.15) is 12.8 Å². The first-order chi connectivity index (χ1) is 5.65. The average molecular weight is 171 g/mol. The van der Waals surface area contributed by atoms with E-state index in [-0.39, 0.29) is 6.61 Å². The molecule has 1 saturated heterocycles. The van der Waals surface area contributed by atoms with Crippen LogP contribution in [0.3, 0.4) is 0 Å². The second-order valence-electron chi connectivity index (χ2n) is 4.39. The van der Waals surface area contributed by atoms with Crippen molar-refractivity contribution in [3.8, 4) is 0 Å². The largest absolute Gasteiger partial charge is 0.393 e. The highest BCUT2D eigenvalue weighted by molar-refractivity contribution is 5.01. The molecule has 1 aliphatic carbocycles. The molecule has 70 valence electrons. The molecule has 3 nitrogen and oxygen atoms in total. The lowest BCUT2D eigenvalue weighted by Crippen LogP contribution is -2.40. The maximum Gasteiger partial charge on any atom is 0.0920 e. The van der Waals surface area contributed by atoms with E-state index in [0.29, 0.717) is 11.8 Å². The van der Waals surface area contributed by atoms with Gasteiger partial charge in [-0.15, -0.1) is 0 Å². The number of nitrogens with zero attached hydrogens (tertiary/aromatic N) is 1. The Kier molecular flexibility index (Phi) is 1.90. The first-order valence-corrected chi connectivity index (χ1v) is 4.67. The topological polar surface area (TPSA) is 43.7 Å². The summed E-state index contributed by atoms with van der Waals surface area (Å²) < 4.78 is 0. The monoisotopic (exact) mass is 171 g/mol. The van der Waals surface area contributed by atoms with Crippen LogP contribution in [0, 0.1) is 11.8 Å². The Labute approximate surface area is 73.0 Å². The van der Waals surface area contributed by atoms with E-state index in [1.807, 2.05) is 0 Å². The number of hydrogen-bond donors (Lipinski definition) is 2. The highest BCUT2D eigenvalue weighted by Gasteiger charge is 2.50. The zero-order valence-electron chi connectivity index (χ0n) is 7.53. The Balaban J connectivity index is 2.13. The predicted molar refractivity (Wildman–Crippen MR) is 45.7 cm³/mol. The fraction of sp³-hybridized carbons (Fsp3) is 1.00. The van der Waals surface area contributed by atoms with Gasteiger partial charge in [-0.25, -0.2) is 0 Å². The van der Waals surface area contributed by atoms with Crippen molar-refractivity contribution >= 4 is 0 Å². The molecule has 2 N–H and O–H groups in total. The van der Waals surface area contributed by atoms with Crippen LogP contribution in [-0.2, 0) is 0 Å². The van der Waals surface area contributed by atoms with Gasteiger partial charge in [0.05, 0.1) is 12.2 Å². The van der Waals surface area contributed by atoms with Crippen molar-refractivity contribution in [1.29, 1.82) is 0 Å². The Morgan fingerprint density at radius 1 is 1.50 bits per heavy atom. The zero-order valence-corrected chi connectivity index (χ0v) is 7.53. The maximum atomic E-state index is 10.0. The highest BCUT2D eigenvalue weighted by atomic mass is 16.3. The molecule has 3 heteroatoms. The molecule has 0 amide bonds. The Hall–Kier alpha value is -0.120. The van der Waals surface area contributed by atoms with Crippen LogP contribution in [0.2, 0.25) is 0 Å². The summed E-state index contributed by atoms with van der Waals surface area (Å²) in [5.41, 5.74) is -0.768. The molecule has 0 aromatic rings. The molecule has 0 spiro atoms. The third-order valence-corrected chi connectivity index (χ3v) is 3.54. The van der Waals surface area contributed by atoms with E-state index in [1.165, 1.54) is 0 Å². The molecular formula is C9H17NO2. The molecule has 3 atom stereocenters. The molecule has 0 radical (unpaired) electrons. The summed E-state index contributed by atoms with van der Waals surface area (Å²) in [5, 5.41) is 19.1. The van der Waals surface area contributed by atoms with E-state index < -0.39 is 5.60 Å². The molecule has 0 unspecified atom stereocenters. The van der Waals surface area contributed by atoms with Gasteiger partial charge in [0.25, 0.3) is 0 Å². The van der Waals surface area contributed by atoms with Crippen LogP contribution in [0.25, 0.3) is 0 Å². The zero-order chi connectivity index (χ0) is 8.77. The van der Waals surface area contributed by atoms with Gasteiger partial charge in [-0.3, -0.25) is 0 Å². The summed E-state index contributed by atoms with van der Waals surface area (Å²) in [6.45, 7) is 1.97. The standard InChI is InChI=1S/C9H17NO2/c1-10-4-7-2-3-9(12,6-11)8(7)5-10/h7-8,11-12H,2-6H2,1H3/t7-,8+,9+/m0/s1. The lowest BCUT2D eigenvalue weighted by Gasteiger charge is -2.27. The molecule has 0 aromatic heterocycles. The second-order valence-corrected chi connectivity index (χ2v) is 4.39. The molecule has 1 aliphatic heterocycles. The van der Waals surface area contributed by atoms with Gasteiger partial charge in [-0.1, -0.05) is 0 Å². The minimum absolute atomic E-state index is 0.0675. The average Bonchev–Trinajstić information content (AvgIpc) is 2.53. The molecule has 2 aliphatic rings. The summed E-state index contributed by atoms with van der Waals surface area (Å²) >= 11 is 0. The summed E-state index contributed by atoms with van der Waals surface area (Å²) in [6, 6.07) is 0. The fourth-order valence-corrected chi connectivity index (χ4v) is 2.81. The van der Waals surface area contributed by atoms with Crippen LogP contribution >= 0.6 is 0 Å². The van der Waals surface area contributed by atoms with Crippen LogP contribution in [0.15, 0.2) is 0 Å². The van der Waals surface area contributed by atoms with Gasteiger partial charge >= 0.3 is 0 Å². The lowest BCUT2D eigenvalue weighted by atomic mass is 9.89. The van der Waals surface area contributed by atoms with E-state index >= 15 is 0 Å². The molecule has 2 rings (SSSR count). The normalized spacial score (nSPS) is 48.2. The van der Waals surface area contributed by atoms with E-state index in [9.17, 15) is 5.11 Å². The molecule has 12 heavy (non-hydrogen) atoms. The first kappa shape index (κ1) is 8.48. The third kappa shape index (κ3) is 1.08. The van der Waals surface area contributed by atoms with Crippen molar-refractivity contribution < 1.29 is 10.2 Å². The van der Waals surface area contributed by atoms with Gasteiger partial charge in [0, 0.05) is 19.0 Å². The summed E-state index contributed by atoms with van der Waals surface area (Å²) in [4.78, 5) is 2.25. The van der Waals surface area contributed by atoms with Crippen molar-refractivity contribution in [2.24, 2.45) is 11.8 Å². The van der Waals surface area contributed by atoms with Crippen molar-refractivity contribution in [2.45, 2.75) is 18.4 Å². The quantitative estimate of drug-likeness (QED) is 0.568. The van der Waals surface area contributed by atoms with E-state index in [1.54, 1.807) is 0 Å². The maximum absolute atomic E-state index is 10.0. The van der Waals surface area contributed by atoms with Crippen LogP contribution < -0.4 is 0 Å². The SMILES string of the molecule is CN1C[C@@H]2CC[C@@](O)(CO)[C@@H]2C1. The Morgan fingerprint density at radius 3 is 2.92 bits per heavy atom. The number of rotatable bonds is 1. The molecule has 1 saturated carbocycles. The minimum atomic E-state index is -0.768. The van der Waals surface area contributed by atoms with Crippen LogP contribution in [0.5, 0.6) is 0 Å². The van der Waals surface area contributed by atoms with E-state index in [4.69, 9.17) is 5.11 Å². The number of hydrogen-bond acceptors (Lipinski definition) is 3. The number of aliphatic hydroxyl groups excluding tert-OH is 1. The molecule has 0 aromatic carbocycles. The first-order valence-electron chi connectivity index (χ1n) is 4.67. The summed E-state index contributed by atoms with van der Waals surface area (Å²) in [6.07, 6.45) is 1.86. The predicted octanol–water partition coefficient (Wildman–Crippen LogP) is -0.319. The summed E-state index contributed by atoms with van der Waals surface area (Å²) in [7, 11) is 2.08. The van der Waals surface area contributed by atoms with Crippen LogP contribution in [0.4, 0.5) is 0 Å². The summed E-state index contributed by atoms with van der Waals surface area (Å²) in [5.74, 6) is 0.930. The van der Waals surface area contributed by atoms with Crippen molar-refractivity contribution in [2.75, 3.05) is 26.7 Å². The Bertz CT molecular complexity index is 185. The van der Waals surface area contributed by atoms with E-state index in [0.717, 1.165) is 25.9 Å². The van der Waals surface area contributed by atoms with Gasteiger partial charge in [0.2, 0.25) is 0 Å². The van der Waals surface area contributed by atoms with Gasteiger partial charge < -0.3 is 15.1 Å². The van der Waals surface area contributed by atoms with E-state index in [2.05, 4.69) is 11.9 Å². The fourth-order valence-electron chi connectivity index (χ4n) is 2.81. The van der Waals surface area contributed by atoms with Gasteiger partial charge in [-0.05, 0) is 25.8 Å². The third-order valence-electron chi connectivity index (χ3n) is 3.54. The Morgan fingerprint density at radius 2 is 2.25 bits per heavy atom. The number of likely N-dealkylation sites (tertiary alicyclic amines) is 1. The second kappa shape index (κ2) is 2.69. The number of aliphatic hydroxyl groups is 2. The van der Waals surface area contributed by atoms with Crippen molar-refractivity contribution in [1.82, 2.24) is 4.90 Å². The highest BCUT2D eigenvalue weighted by Crippen LogP contribution is 2.44. The molecule has 0 bridgehead atoms. The molecule has 1 heterocycles. The van der Waals surface area contributed by atoms with Crippen molar-refractivity contribution in [3.63, 3.8) is 0 Å². The molecular weight excluding hydrogens is 154 g/mol. The lowest BCUT2D eigenvalue weighted by molar-refractivity contribution is -0.0464. The van der Waals surface area contributed by atoms with Gasteiger partial charge in [0.1, 0.15) is 0 Å². The number of fused-ring (bicyclic) bond motifs is 1. The van der Waals surface area contributed by atoms with Crippen molar-refractivity contribution in [3.05, 3.63) is 0 Å². The minimum Gasteiger partial charge on any atom is -0.393 e. The molecule has 2 fully saturated rings. The smallest absolute Gasteiger partial charge is 0.0920 e.